The molecule has 198 valence electrons. The van der Waals surface area contributed by atoms with Crippen LogP contribution in [0.5, 0.6) is 0 Å². The second-order valence-electron chi connectivity index (χ2n) is 10.6. The number of anilines is 1. The summed E-state index contributed by atoms with van der Waals surface area (Å²) in [6.07, 6.45) is 4.09. The Balaban J connectivity index is 1.66. The molecule has 6 nitrogen and oxygen atoms in total. The van der Waals surface area contributed by atoms with Crippen LogP contribution < -0.4 is 15.2 Å². The summed E-state index contributed by atoms with van der Waals surface area (Å²) < 4.78 is 29.4. The molecule has 0 saturated carbocycles. The van der Waals surface area contributed by atoms with Crippen molar-refractivity contribution in [1.29, 1.82) is 0 Å². The molecule has 39 heavy (non-hydrogen) atoms. The molecule has 1 N–H and O–H groups in total. The van der Waals surface area contributed by atoms with Gasteiger partial charge in [-0.25, -0.2) is 18.2 Å². The zero-order valence-corrected chi connectivity index (χ0v) is 22.3. The predicted octanol–water partition coefficient (Wildman–Crippen LogP) is 2.57. The smallest absolute Gasteiger partial charge is 0.336 e. The zero-order chi connectivity index (χ0) is 27.6. The number of hydrogen-bond donors (Lipinski definition) is 1. The summed E-state index contributed by atoms with van der Waals surface area (Å²) in [6.45, 7) is 7.57. The fourth-order valence-electron chi connectivity index (χ4n) is 5.89. The summed E-state index contributed by atoms with van der Waals surface area (Å²) in [4.78, 5) is 26.1. The largest absolute Gasteiger partial charge is 0.545 e. The summed E-state index contributed by atoms with van der Waals surface area (Å²) in [5, 5.41) is 23.8. The first-order chi connectivity index (χ1) is 18.6. The van der Waals surface area contributed by atoms with Crippen molar-refractivity contribution in [3.63, 3.8) is 0 Å². The monoisotopic (exact) mass is 544 g/mol. The molecule has 2 saturated heterocycles. The lowest BCUT2D eigenvalue weighted by molar-refractivity contribution is -0.599. The van der Waals surface area contributed by atoms with Gasteiger partial charge in [0, 0.05) is 17.8 Å². The minimum absolute atomic E-state index is 0.0325. The Hall–Kier alpha value is -4.11. The van der Waals surface area contributed by atoms with E-state index in [2.05, 4.69) is 13.1 Å². The molecule has 1 unspecified atom stereocenters. The van der Waals surface area contributed by atoms with E-state index < -0.39 is 32.4 Å². The van der Waals surface area contributed by atoms with Crippen LogP contribution in [0.3, 0.4) is 0 Å². The molecule has 0 amide bonds. The first-order valence-corrected chi connectivity index (χ1v) is 15.4. The van der Waals surface area contributed by atoms with Crippen molar-refractivity contribution < 1.29 is 33.2 Å². The third-order valence-corrected chi connectivity index (χ3v) is 12.1. The molecular formula is C30H26F2N2O4Si. The zero-order valence-electron chi connectivity index (χ0n) is 21.3. The normalized spacial score (nSPS) is 23.9. The molecule has 0 radical (unpaired) electrons. The number of carboxylic acid groups (broad SMARTS) is 2. The Morgan fingerprint density at radius 1 is 1.10 bits per heavy atom. The average Bonchev–Trinajstić information content (AvgIpc) is 2.89. The van der Waals surface area contributed by atoms with E-state index in [1.807, 2.05) is 51.6 Å². The first kappa shape index (κ1) is 25.2. The summed E-state index contributed by atoms with van der Waals surface area (Å²) in [5.74, 6) is -2.59. The molecule has 2 fully saturated rings. The molecule has 1 aliphatic carbocycles. The van der Waals surface area contributed by atoms with E-state index in [1.54, 1.807) is 0 Å². The summed E-state index contributed by atoms with van der Waals surface area (Å²) in [7, 11) is -2.65. The van der Waals surface area contributed by atoms with Crippen LogP contribution in [0.2, 0.25) is 6.55 Å². The second kappa shape index (κ2) is 8.98. The minimum Gasteiger partial charge on any atom is -0.545 e. The average molecular weight is 545 g/mol. The molecule has 2 aromatic rings. The lowest BCUT2D eigenvalue weighted by Crippen LogP contribution is -2.53. The molecular weight excluding hydrogens is 518 g/mol. The van der Waals surface area contributed by atoms with Crippen molar-refractivity contribution in [1.82, 2.24) is 0 Å². The number of nitrogens with zero attached hydrogens (tertiary/aromatic N) is 2. The van der Waals surface area contributed by atoms with Crippen LogP contribution in [0.4, 0.5) is 14.5 Å². The van der Waals surface area contributed by atoms with Gasteiger partial charge in [-0.3, -0.25) is 0 Å². The maximum atomic E-state index is 13.7. The van der Waals surface area contributed by atoms with Gasteiger partial charge >= 0.3 is 5.97 Å². The van der Waals surface area contributed by atoms with E-state index in [-0.39, 0.29) is 16.7 Å². The van der Waals surface area contributed by atoms with Gasteiger partial charge in [-0.05, 0) is 68.6 Å². The van der Waals surface area contributed by atoms with Crippen LogP contribution in [-0.4, -0.2) is 73.9 Å². The molecule has 4 aliphatic rings. The van der Waals surface area contributed by atoms with Crippen molar-refractivity contribution in [3.8, 4) is 0 Å². The molecule has 6 rings (SSSR count). The fourth-order valence-corrected chi connectivity index (χ4v) is 9.05. The Morgan fingerprint density at radius 2 is 1.85 bits per heavy atom. The maximum absolute atomic E-state index is 13.7. The number of rotatable bonds is 5. The number of aromatic carboxylic acids is 2. The number of hydrogen-bond acceptors (Lipinski definition) is 4. The van der Waals surface area contributed by atoms with Crippen molar-refractivity contribution >= 4 is 42.2 Å². The predicted molar refractivity (Wildman–Crippen MR) is 146 cm³/mol. The van der Waals surface area contributed by atoms with Gasteiger partial charge in [-0.1, -0.05) is 24.4 Å². The van der Waals surface area contributed by atoms with Crippen molar-refractivity contribution in [2.75, 3.05) is 31.1 Å². The Kier molecular flexibility index (Phi) is 5.80. The Labute approximate surface area is 225 Å². The van der Waals surface area contributed by atoms with Crippen molar-refractivity contribution in [2.24, 2.45) is 0 Å². The van der Waals surface area contributed by atoms with Gasteiger partial charge in [-0.15, -0.1) is 6.58 Å². The van der Waals surface area contributed by atoms with Gasteiger partial charge in [0.1, 0.15) is 14.2 Å². The van der Waals surface area contributed by atoms with Gasteiger partial charge in [0.25, 0.3) is 0 Å². The highest BCUT2D eigenvalue weighted by Crippen LogP contribution is 2.43. The van der Waals surface area contributed by atoms with E-state index in [0.717, 1.165) is 32.9 Å². The van der Waals surface area contributed by atoms with Gasteiger partial charge in [0.2, 0.25) is 6.17 Å². The molecule has 0 bridgehead atoms. The Bertz CT molecular complexity index is 1590. The number of allylic oxidation sites excluding steroid dienone is 5. The molecule has 3 aliphatic heterocycles. The van der Waals surface area contributed by atoms with Crippen LogP contribution in [0.1, 0.15) is 31.8 Å². The quantitative estimate of drug-likeness (QED) is 0.462. The standard InChI is InChI=1S/C30H26F2N2O4Si/c1-3-39(2)26-11-20(33-13-18(31)14-33)5-8-23(26)28(25-10-17(29(35)36)4-7-22(25)30(37)38)24-9-6-21(12-27(24)39)34-15-19(32)16-34/h3-12,18-19H,1,13-16H2,2H3,(H-,35,36,37,38). The highest BCUT2D eigenvalue weighted by atomic mass is 28.3. The van der Waals surface area contributed by atoms with Gasteiger partial charge < -0.3 is 19.9 Å². The number of fused-ring (bicyclic) bond motifs is 2. The fraction of sp³-hybridized carbons (Fsp3) is 0.233. The molecule has 9 heteroatoms. The van der Waals surface area contributed by atoms with E-state index in [1.165, 1.54) is 18.2 Å². The van der Waals surface area contributed by atoms with Crippen molar-refractivity contribution in [2.45, 2.75) is 18.9 Å². The van der Waals surface area contributed by atoms with E-state index in [4.69, 9.17) is 0 Å². The lowest BCUT2D eigenvalue weighted by Gasteiger charge is -2.41. The summed E-state index contributed by atoms with van der Waals surface area (Å²) in [5.41, 5.74) is 5.99. The van der Waals surface area contributed by atoms with E-state index >= 15 is 0 Å². The highest BCUT2D eigenvalue weighted by Gasteiger charge is 2.44. The minimum atomic E-state index is -2.65. The number of benzene rings is 2. The molecule has 1 atom stereocenters. The number of carboxylic acids is 2. The first-order valence-electron chi connectivity index (χ1n) is 12.8. The van der Waals surface area contributed by atoms with Gasteiger partial charge in [-0.2, -0.15) is 0 Å². The number of carbonyl (C=O) groups excluding carboxylic acids is 1. The van der Waals surface area contributed by atoms with Crippen LogP contribution in [0, 0.1) is 0 Å². The van der Waals surface area contributed by atoms with Crippen LogP contribution in [0.15, 0.2) is 77.7 Å². The van der Waals surface area contributed by atoms with Gasteiger partial charge in [0.05, 0.1) is 24.6 Å². The second-order valence-corrected chi connectivity index (χ2v) is 14.5. The number of carbonyl (C=O) groups is 2. The summed E-state index contributed by atoms with van der Waals surface area (Å²) >= 11 is 0. The third kappa shape index (κ3) is 3.91. The van der Waals surface area contributed by atoms with Crippen molar-refractivity contribution in [3.05, 3.63) is 99.9 Å². The number of alkyl halides is 2. The SMILES string of the molecule is C=C[Si]1(C)C2=CC(=[N+]3CC(F)C3)C=CC2=C(c2cc(C(=O)[O-])ccc2C(=O)O)c2ccc(N3CC(F)C3)cc21. The lowest BCUT2D eigenvalue weighted by atomic mass is 9.86. The third-order valence-electron chi connectivity index (χ3n) is 8.23. The maximum Gasteiger partial charge on any atom is 0.336 e. The van der Waals surface area contributed by atoms with E-state index in [9.17, 15) is 28.6 Å². The van der Waals surface area contributed by atoms with Crippen LogP contribution in [-0.2, 0) is 0 Å². The molecule has 0 spiro atoms. The molecule has 2 aromatic carbocycles. The summed E-state index contributed by atoms with van der Waals surface area (Å²) in [6, 6.07) is 9.73. The molecule has 3 heterocycles. The topological polar surface area (TPSA) is 83.7 Å². The number of halogens is 2. The van der Waals surface area contributed by atoms with Gasteiger partial charge in [0.15, 0.2) is 18.8 Å². The van der Waals surface area contributed by atoms with E-state index in [0.29, 0.717) is 31.8 Å². The van der Waals surface area contributed by atoms with Crippen LogP contribution >= 0.6 is 0 Å². The highest BCUT2D eigenvalue weighted by molar-refractivity contribution is 7.02. The Morgan fingerprint density at radius 3 is 2.46 bits per heavy atom. The molecule has 0 aromatic heterocycles. The van der Waals surface area contributed by atoms with Crippen LogP contribution in [0.25, 0.3) is 5.57 Å².